The fraction of sp³-hybridized carbons (Fsp3) is 0.378. The predicted octanol–water partition coefficient (Wildman–Crippen LogP) is 4.70. The first-order chi connectivity index (χ1) is 32.0. The molecule has 2 aliphatic rings. The van der Waals surface area contributed by atoms with Gasteiger partial charge in [-0.2, -0.15) is 14.2 Å². The minimum atomic E-state index is -4.89. The first-order valence-corrected chi connectivity index (χ1v) is 24.4. The van der Waals surface area contributed by atoms with E-state index in [-0.39, 0.29) is 57.1 Å². The molecule has 67 heavy (non-hydrogen) atoms. The minimum absolute atomic E-state index is 0.00205. The Labute approximate surface area is 389 Å². The molecule has 0 aliphatic carbocycles. The van der Waals surface area contributed by atoms with Crippen molar-refractivity contribution < 1.29 is 40.6 Å². The van der Waals surface area contributed by atoms with E-state index in [1.807, 2.05) is 17.0 Å². The number of fused-ring (bicyclic) bond motifs is 1. The van der Waals surface area contributed by atoms with Crippen LogP contribution in [0.5, 0.6) is 17.2 Å². The molecule has 2 aromatic heterocycles. The summed E-state index contributed by atoms with van der Waals surface area (Å²) in [4.78, 5) is 21.0. The molecule has 4 aromatic carbocycles. The van der Waals surface area contributed by atoms with Gasteiger partial charge in [0.2, 0.25) is 25.9 Å². The highest BCUT2D eigenvalue weighted by atomic mass is 32.2. The van der Waals surface area contributed by atoms with Gasteiger partial charge < -0.3 is 28.7 Å². The summed E-state index contributed by atoms with van der Waals surface area (Å²) in [5.41, 5.74) is 1.50. The zero-order chi connectivity index (χ0) is 47.5. The lowest BCUT2D eigenvalue weighted by Gasteiger charge is -2.32. The number of nitrogens with zero attached hydrogens (tertiary/aromatic N) is 10. The first kappa shape index (κ1) is 46.9. The van der Waals surface area contributed by atoms with Gasteiger partial charge in [0.05, 0.1) is 46.5 Å². The lowest BCUT2D eigenvalue weighted by Crippen LogP contribution is -2.41. The lowest BCUT2D eigenvalue weighted by molar-refractivity contribution is 0.0292. The molecule has 0 unspecified atom stereocenters. The number of aromatic nitrogens is 7. The van der Waals surface area contributed by atoms with E-state index in [1.165, 1.54) is 40.6 Å². The lowest BCUT2D eigenvalue weighted by atomic mass is 10.1. The van der Waals surface area contributed by atoms with E-state index >= 15 is 16.8 Å². The largest absolute Gasteiger partial charge is 0.497 e. The van der Waals surface area contributed by atoms with E-state index in [4.69, 9.17) is 24.0 Å². The van der Waals surface area contributed by atoms with Crippen LogP contribution in [-0.4, -0.2) is 120 Å². The molecule has 20 nitrogen and oxygen atoms in total. The highest BCUT2D eigenvalue weighted by Crippen LogP contribution is 2.42. The van der Waals surface area contributed by atoms with Gasteiger partial charge in [-0.15, -0.1) is 10.2 Å². The Bertz CT molecular complexity index is 2870. The Morgan fingerprint density at radius 2 is 1.39 bits per heavy atom. The van der Waals surface area contributed by atoms with Gasteiger partial charge in [-0.3, -0.25) is 0 Å². The number of nitrogens with one attached hydrogen (secondary N) is 1. The van der Waals surface area contributed by atoms with Crippen molar-refractivity contribution in [1.29, 1.82) is 0 Å². The van der Waals surface area contributed by atoms with Crippen molar-refractivity contribution in [3.05, 3.63) is 114 Å². The second-order valence-electron chi connectivity index (χ2n) is 17.1. The maximum atomic E-state index is 16.1. The third kappa shape index (κ3) is 10.7. The van der Waals surface area contributed by atoms with Crippen LogP contribution in [0, 0.1) is 0 Å². The molecule has 4 heterocycles. The molecule has 354 valence electrons. The van der Waals surface area contributed by atoms with E-state index in [0.29, 0.717) is 53.0 Å². The van der Waals surface area contributed by atoms with Crippen LogP contribution in [0.4, 0.5) is 10.5 Å². The number of tetrazole rings is 1. The molecule has 8 rings (SSSR count). The van der Waals surface area contributed by atoms with Gasteiger partial charge in [0.1, 0.15) is 44.8 Å². The van der Waals surface area contributed by atoms with E-state index in [2.05, 4.69) is 25.1 Å². The number of benzene rings is 4. The molecule has 22 heteroatoms. The van der Waals surface area contributed by atoms with Crippen LogP contribution >= 0.6 is 0 Å². The number of carbonyl (C=O) groups is 1. The third-order valence-corrected chi connectivity index (χ3v) is 14.9. The zero-order valence-electron chi connectivity index (χ0n) is 38.1. The summed E-state index contributed by atoms with van der Waals surface area (Å²) >= 11 is 0. The van der Waals surface area contributed by atoms with E-state index in [9.17, 15) is 4.79 Å². The molecule has 1 saturated heterocycles. The number of carbonyl (C=O) groups excluding carboxylic acids is 1. The molecule has 1 atom stereocenters. The van der Waals surface area contributed by atoms with Crippen molar-refractivity contribution in [2.45, 2.75) is 81.3 Å². The van der Waals surface area contributed by atoms with Crippen LogP contribution in [0.2, 0.25) is 0 Å². The number of likely N-dealkylation sites (tertiary alicyclic amines) is 1. The van der Waals surface area contributed by atoms with Crippen molar-refractivity contribution >= 4 is 31.8 Å². The van der Waals surface area contributed by atoms with Crippen LogP contribution in [0.1, 0.15) is 49.7 Å². The van der Waals surface area contributed by atoms with Crippen molar-refractivity contribution in [2.75, 3.05) is 45.9 Å². The highest BCUT2D eigenvalue weighted by Gasteiger charge is 2.41. The zero-order valence-corrected chi connectivity index (χ0v) is 39.7. The fourth-order valence-electron chi connectivity index (χ4n) is 7.93. The summed E-state index contributed by atoms with van der Waals surface area (Å²) in [6, 6.07) is 23.3. The van der Waals surface area contributed by atoms with Crippen molar-refractivity contribution in [3.63, 3.8) is 0 Å². The molecule has 0 bridgehead atoms. The molecule has 1 N–H and O–H groups in total. The van der Waals surface area contributed by atoms with Crippen molar-refractivity contribution in [3.8, 4) is 28.6 Å². The number of hydrogen-bond donors (Lipinski definition) is 1. The molecule has 1 amide bonds. The van der Waals surface area contributed by atoms with Crippen LogP contribution in [0.25, 0.3) is 11.4 Å². The second kappa shape index (κ2) is 19.3. The van der Waals surface area contributed by atoms with E-state index in [0.717, 1.165) is 5.56 Å². The first-order valence-electron chi connectivity index (χ1n) is 21.5. The van der Waals surface area contributed by atoms with Gasteiger partial charge in [0.25, 0.3) is 0 Å². The smallest absolute Gasteiger partial charge is 0.410 e. The van der Waals surface area contributed by atoms with Crippen LogP contribution in [0.15, 0.2) is 101 Å². The second-order valence-corrected chi connectivity index (χ2v) is 20.7. The average molecular weight is 956 g/mol. The van der Waals surface area contributed by atoms with Crippen molar-refractivity contribution in [2.24, 2.45) is 0 Å². The van der Waals surface area contributed by atoms with Crippen LogP contribution in [-0.2, 0) is 57.5 Å². The minimum Gasteiger partial charge on any atom is -0.497 e. The standard InChI is InChI=1S/C45H53N11O9S2/c1-45(2,3)65-44(57)53-22-21-34(28-53)50-66(58,59)39-20-19-38(52-23-24-55-40(29-52)46-30-47-55)41(43-48-51-56(49-43)27-33-11-17-37(64-6)18-12-33)42(39)67(60,61)54(25-31-7-13-35(62-4)14-8-31)26-32-9-15-36(63-5)16-10-32/h7-20,30,34,50H,21-29H2,1-6H3/t34-/m1/s1. The number of ether oxygens (including phenoxy) is 4. The number of sulfonamides is 2. The maximum absolute atomic E-state index is 16.1. The van der Waals surface area contributed by atoms with Gasteiger partial charge in [-0.1, -0.05) is 36.4 Å². The maximum Gasteiger partial charge on any atom is 0.410 e. The van der Waals surface area contributed by atoms with Gasteiger partial charge >= 0.3 is 6.09 Å². The summed E-state index contributed by atoms with van der Waals surface area (Å²) in [7, 11) is -4.96. The van der Waals surface area contributed by atoms with E-state index in [1.54, 1.807) is 99.3 Å². The van der Waals surface area contributed by atoms with Gasteiger partial charge in [0, 0.05) is 44.5 Å². The Hall–Kier alpha value is -6.62. The normalized spacial score (nSPS) is 15.4. The van der Waals surface area contributed by atoms with Crippen LogP contribution in [0.3, 0.4) is 0 Å². The summed E-state index contributed by atoms with van der Waals surface area (Å²) in [6.45, 7) is 6.24. The Morgan fingerprint density at radius 3 is 1.97 bits per heavy atom. The summed E-state index contributed by atoms with van der Waals surface area (Å²) in [5.74, 6) is 2.29. The molecular weight excluding hydrogens is 903 g/mol. The molecule has 0 radical (unpaired) electrons. The van der Waals surface area contributed by atoms with Crippen LogP contribution < -0.4 is 23.8 Å². The number of methoxy groups -OCH3 is 3. The number of hydrogen-bond acceptors (Lipinski definition) is 15. The Morgan fingerprint density at radius 1 is 0.791 bits per heavy atom. The van der Waals surface area contributed by atoms with Crippen molar-refractivity contribution in [1.82, 2.24) is 48.9 Å². The quantitative estimate of drug-likeness (QED) is 0.139. The number of anilines is 1. The Balaban J connectivity index is 1.30. The summed E-state index contributed by atoms with van der Waals surface area (Å²) in [5, 5.41) is 17.9. The molecule has 6 aromatic rings. The molecule has 0 spiro atoms. The topological polar surface area (TPSA) is 218 Å². The van der Waals surface area contributed by atoms with E-state index < -0.39 is 47.6 Å². The molecule has 0 saturated carbocycles. The monoisotopic (exact) mass is 955 g/mol. The molecule has 1 fully saturated rings. The van der Waals surface area contributed by atoms with Gasteiger partial charge in [-0.25, -0.2) is 36.0 Å². The van der Waals surface area contributed by atoms with Gasteiger partial charge in [-0.05, 0) is 97.6 Å². The summed E-state index contributed by atoms with van der Waals surface area (Å²) < 4.78 is 89.7. The average Bonchev–Trinajstić information content (AvgIpc) is 4.10. The fourth-order valence-corrected chi connectivity index (χ4v) is 11.6. The van der Waals surface area contributed by atoms with Gasteiger partial charge in [0.15, 0.2) is 0 Å². The summed E-state index contributed by atoms with van der Waals surface area (Å²) in [6.07, 6.45) is 1.12. The number of rotatable bonds is 16. The molecule has 2 aliphatic heterocycles. The SMILES string of the molecule is COc1ccc(CN(Cc2ccc(OC)cc2)S(=O)(=O)c2c(S(=O)(=O)N[C@@H]3CCN(C(=O)OC(C)(C)C)C3)ccc(N3CCn4ncnc4C3)c2-c2nnn(Cc3ccc(OC)cc3)n2)cc1. The predicted molar refractivity (Wildman–Crippen MR) is 245 cm³/mol. The molecular formula is C45H53N11O9S2. The highest BCUT2D eigenvalue weighted by molar-refractivity contribution is 7.92. The third-order valence-electron chi connectivity index (χ3n) is 11.3. The Kier molecular flexibility index (Phi) is 13.5. The number of amides is 1.